The molecule has 0 amide bonds. The molecular formula is C42H29N5. The molecule has 0 spiro atoms. The van der Waals surface area contributed by atoms with E-state index in [9.17, 15) is 0 Å². The molecule has 47 heavy (non-hydrogen) atoms. The highest BCUT2D eigenvalue weighted by Gasteiger charge is 2.19. The summed E-state index contributed by atoms with van der Waals surface area (Å²) in [5, 5.41) is 0. The fourth-order valence-electron chi connectivity index (χ4n) is 6.57. The fourth-order valence-corrected chi connectivity index (χ4v) is 6.57. The number of hydrogen-bond acceptors (Lipinski definition) is 3. The Labute approximate surface area is 272 Å². The first-order valence-corrected chi connectivity index (χ1v) is 15.8. The maximum atomic E-state index is 5.08. The smallest absolute Gasteiger partial charge is 0.145 e. The van der Waals surface area contributed by atoms with Gasteiger partial charge in [0.25, 0.3) is 0 Å². The van der Waals surface area contributed by atoms with Crippen molar-refractivity contribution < 1.29 is 0 Å². The average Bonchev–Trinajstić information content (AvgIpc) is 3.89. The summed E-state index contributed by atoms with van der Waals surface area (Å²) in [6, 6.07) is 54.7. The Bertz CT molecular complexity index is 2480. The maximum absolute atomic E-state index is 5.08. The van der Waals surface area contributed by atoms with Crippen molar-refractivity contribution in [3.05, 3.63) is 175 Å². The quantitative estimate of drug-likeness (QED) is 0.190. The van der Waals surface area contributed by atoms with E-state index in [-0.39, 0.29) is 0 Å². The summed E-state index contributed by atoms with van der Waals surface area (Å²) in [7, 11) is 0. The lowest BCUT2D eigenvalue weighted by Gasteiger charge is -2.11. The van der Waals surface area contributed by atoms with Crippen LogP contribution in [0.25, 0.3) is 61.8 Å². The van der Waals surface area contributed by atoms with E-state index in [0.717, 1.165) is 73.1 Å². The summed E-state index contributed by atoms with van der Waals surface area (Å²) in [5.41, 5.74) is 12.8. The van der Waals surface area contributed by atoms with Gasteiger partial charge in [0, 0.05) is 28.1 Å². The Morgan fingerprint density at radius 1 is 0.426 bits per heavy atom. The van der Waals surface area contributed by atoms with Crippen molar-refractivity contribution in [1.29, 1.82) is 0 Å². The molecule has 0 aliphatic carbocycles. The van der Waals surface area contributed by atoms with Crippen LogP contribution in [0.5, 0.6) is 0 Å². The lowest BCUT2D eigenvalue weighted by Crippen LogP contribution is -1.99. The maximum Gasteiger partial charge on any atom is 0.145 e. The van der Waals surface area contributed by atoms with Gasteiger partial charge in [0.15, 0.2) is 0 Å². The first-order chi connectivity index (χ1) is 23.3. The molecule has 6 aromatic carbocycles. The van der Waals surface area contributed by atoms with Gasteiger partial charge >= 0.3 is 0 Å². The molecule has 1 aliphatic rings. The minimum absolute atomic E-state index is 0.626. The lowest BCUT2D eigenvalue weighted by molar-refractivity contribution is 1.10. The minimum Gasteiger partial charge on any atom is -0.292 e. The van der Waals surface area contributed by atoms with E-state index in [0.29, 0.717) is 6.54 Å². The number of para-hydroxylation sites is 6. The van der Waals surface area contributed by atoms with E-state index in [2.05, 4.69) is 149 Å². The zero-order chi connectivity index (χ0) is 31.2. The van der Waals surface area contributed by atoms with Gasteiger partial charge in [-0.1, -0.05) is 97.1 Å². The molecule has 5 nitrogen and oxygen atoms in total. The van der Waals surface area contributed by atoms with E-state index in [1.807, 2.05) is 24.3 Å². The normalized spacial score (nSPS) is 12.9. The zero-order valence-corrected chi connectivity index (χ0v) is 25.5. The largest absolute Gasteiger partial charge is 0.292 e. The highest BCUT2D eigenvalue weighted by molar-refractivity contribution is 6.15. The van der Waals surface area contributed by atoms with E-state index in [1.165, 1.54) is 5.57 Å². The highest BCUT2D eigenvalue weighted by Crippen LogP contribution is 2.33. The third-order valence-electron chi connectivity index (χ3n) is 8.79. The Morgan fingerprint density at radius 2 is 0.894 bits per heavy atom. The molecule has 8 aromatic rings. The van der Waals surface area contributed by atoms with E-state index in [4.69, 9.17) is 15.0 Å². The number of fused-ring (bicyclic) bond motifs is 2. The van der Waals surface area contributed by atoms with Crippen LogP contribution in [0.15, 0.2) is 169 Å². The van der Waals surface area contributed by atoms with Crippen LogP contribution in [0, 0.1) is 0 Å². The van der Waals surface area contributed by atoms with Gasteiger partial charge < -0.3 is 0 Å². The van der Waals surface area contributed by atoms with Crippen molar-refractivity contribution in [3.63, 3.8) is 0 Å². The molecule has 1 aliphatic heterocycles. The molecule has 5 heteroatoms. The lowest BCUT2D eigenvalue weighted by atomic mass is 10.0. The molecular weight excluding hydrogens is 574 g/mol. The molecule has 2 aromatic heterocycles. The second kappa shape index (κ2) is 11.2. The third kappa shape index (κ3) is 4.77. The van der Waals surface area contributed by atoms with Crippen LogP contribution < -0.4 is 0 Å². The summed E-state index contributed by atoms with van der Waals surface area (Å²) in [4.78, 5) is 15.2. The second-order valence-corrected chi connectivity index (χ2v) is 11.7. The molecule has 0 saturated heterocycles. The number of imidazole rings is 2. The van der Waals surface area contributed by atoms with Gasteiger partial charge in [-0.15, -0.1) is 0 Å². The molecule has 3 heterocycles. The summed E-state index contributed by atoms with van der Waals surface area (Å²) in [6.07, 6.45) is 2.22. The highest BCUT2D eigenvalue weighted by atomic mass is 15.1. The number of allylic oxidation sites excluding steroid dienone is 1. The monoisotopic (exact) mass is 603 g/mol. The van der Waals surface area contributed by atoms with Gasteiger partial charge in [-0.05, 0) is 77.9 Å². The fraction of sp³-hybridized carbons (Fsp3) is 0.0238. The average molecular weight is 604 g/mol. The number of nitrogens with zero attached hydrogens (tertiary/aromatic N) is 5. The predicted molar refractivity (Wildman–Crippen MR) is 192 cm³/mol. The molecule has 0 saturated carbocycles. The number of aliphatic imine (C=N–C) groups is 1. The van der Waals surface area contributed by atoms with Crippen LogP contribution >= 0.6 is 0 Å². The van der Waals surface area contributed by atoms with Crippen LogP contribution in [0.1, 0.15) is 11.1 Å². The van der Waals surface area contributed by atoms with Crippen molar-refractivity contribution >= 4 is 33.4 Å². The van der Waals surface area contributed by atoms with Crippen molar-refractivity contribution in [3.8, 4) is 34.2 Å². The van der Waals surface area contributed by atoms with Gasteiger partial charge in [-0.2, -0.15) is 0 Å². The Balaban J connectivity index is 1.08. The van der Waals surface area contributed by atoms with E-state index >= 15 is 0 Å². The van der Waals surface area contributed by atoms with Gasteiger partial charge in [-0.3, -0.25) is 14.1 Å². The number of benzene rings is 6. The summed E-state index contributed by atoms with van der Waals surface area (Å²) < 4.78 is 4.48. The van der Waals surface area contributed by atoms with E-state index < -0.39 is 0 Å². The summed E-state index contributed by atoms with van der Waals surface area (Å²) >= 11 is 0. The Kier molecular flexibility index (Phi) is 6.46. The molecule has 9 rings (SSSR count). The molecule has 0 N–H and O–H groups in total. The number of rotatable bonds is 6. The first kappa shape index (κ1) is 27.0. The second-order valence-electron chi connectivity index (χ2n) is 11.7. The first-order valence-electron chi connectivity index (χ1n) is 15.8. The van der Waals surface area contributed by atoms with Crippen LogP contribution in [0.2, 0.25) is 0 Å². The Hall–Kier alpha value is -6.33. The van der Waals surface area contributed by atoms with Gasteiger partial charge in [0.05, 0.1) is 34.3 Å². The van der Waals surface area contributed by atoms with Gasteiger partial charge in [0.1, 0.15) is 11.6 Å². The SMILES string of the molecule is C1=C(c2cccc(-c3nc4ccccc4n3-c3ccccc3)c2)CN=C1c1cccc(-c2nc3ccccc3n2-c2ccccc2)c1. The molecule has 0 bridgehead atoms. The Morgan fingerprint density at radius 3 is 1.47 bits per heavy atom. The van der Waals surface area contributed by atoms with Crippen LogP contribution in [-0.2, 0) is 0 Å². The summed E-state index contributed by atoms with van der Waals surface area (Å²) in [5.74, 6) is 1.84. The zero-order valence-electron chi connectivity index (χ0n) is 25.5. The van der Waals surface area contributed by atoms with Crippen molar-refractivity contribution in [2.24, 2.45) is 4.99 Å². The predicted octanol–water partition coefficient (Wildman–Crippen LogP) is 9.58. The standard InChI is InChI=1S/C42H29N5/c1-3-17-34(18-4-1)46-39-23-9-7-21-36(39)44-41(46)31-15-11-13-29(25-31)33-27-38(43-28-33)30-14-12-16-32(26-30)42-45-37-22-8-10-24-40(37)47(42)35-19-5-2-6-20-35/h1-27H,28H2. The van der Waals surface area contributed by atoms with Crippen molar-refractivity contribution in [1.82, 2.24) is 19.1 Å². The molecule has 222 valence electrons. The molecule has 0 fully saturated rings. The number of hydrogen-bond donors (Lipinski definition) is 0. The van der Waals surface area contributed by atoms with E-state index in [1.54, 1.807) is 0 Å². The topological polar surface area (TPSA) is 48.0 Å². The number of aromatic nitrogens is 4. The van der Waals surface area contributed by atoms with Crippen molar-refractivity contribution in [2.75, 3.05) is 6.54 Å². The third-order valence-corrected chi connectivity index (χ3v) is 8.79. The van der Waals surface area contributed by atoms with Crippen molar-refractivity contribution in [2.45, 2.75) is 0 Å². The summed E-state index contributed by atoms with van der Waals surface area (Å²) in [6.45, 7) is 0.626. The van der Waals surface area contributed by atoms with Crippen LogP contribution in [0.4, 0.5) is 0 Å². The molecule has 0 unspecified atom stereocenters. The van der Waals surface area contributed by atoms with Crippen LogP contribution in [0.3, 0.4) is 0 Å². The van der Waals surface area contributed by atoms with Crippen LogP contribution in [-0.4, -0.2) is 31.4 Å². The van der Waals surface area contributed by atoms with Gasteiger partial charge in [0.2, 0.25) is 0 Å². The van der Waals surface area contributed by atoms with Gasteiger partial charge in [-0.25, -0.2) is 9.97 Å². The molecule has 0 radical (unpaired) electrons. The molecule has 0 atom stereocenters. The minimum atomic E-state index is 0.626.